The van der Waals surface area contributed by atoms with Crippen LogP contribution in [-0.4, -0.2) is 29.1 Å². The largest absolute Gasteiger partial charge is 0.467 e. The van der Waals surface area contributed by atoms with Gasteiger partial charge < -0.3 is 19.8 Å². The van der Waals surface area contributed by atoms with E-state index in [1.165, 1.54) is 24.9 Å². The van der Waals surface area contributed by atoms with Crippen LogP contribution in [0.1, 0.15) is 19.1 Å². The van der Waals surface area contributed by atoms with Crippen molar-refractivity contribution < 1.29 is 23.5 Å². The van der Waals surface area contributed by atoms with Gasteiger partial charge in [-0.3, -0.25) is 14.4 Å². The van der Waals surface area contributed by atoms with Crippen LogP contribution >= 0.6 is 11.8 Å². The lowest BCUT2D eigenvalue weighted by Gasteiger charge is -2.23. The molecule has 2 N–H and O–H groups in total. The molecule has 8 heteroatoms. The van der Waals surface area contributed by atoms with Crippen LogP contribution in [0.25, 0.3) is 0 Å². The Morgan fingerprint density at radius 1 is 1.31 bits per heavy atom. The van der Waals surface area contributed by atoms with Crippen LogP contribution in [0.3, 0.4) is 0 Å². The summed E-state index contributed by atoms with van der Waals surface area (Å²) in [4.78, 5) is 37.1. The van der Waals surface area contributed by atoms with Crippen LogP contribution in [0.15, 0.2) is 52.0 Å². The summed E-state index contributed by atoms with van der Waals surface area (Å²) in [7, 11) is 0. The second-order valence-electron chi connectivity index (χ2n) is 5.73. The number of anilines is 1. The number of carbonyl (C=O) groups excluding carboxylic acids is 3. The van der Waals surface area contributed by atoms with Gasteiger partial charge in [-0.1, -0.05) is 12.1 Å². The van der Waals surface area contributed by atoms with Crippen LogP contribution in [-0.2, 0) is 25.7 Å². The van der Waals surface area contributed by atoms with Gasteiger partial charge in [-0.25, -0.2) is 0 Å². The summed E-state index contributed by atoms with van der Waals surface area (Å²) >= 11 is 1.31. The van der Waals surface area contributed by atoms with Crippen molar-refractivity contribution in [1.29, 1.82) is 0 Å². The van der Waals surface area contributed by atoms with Gasteiger partial charge in [0.1, 0.15) is 5.76 Å². The van der Waals surface area contributed by atoms with Gasteiger partial charge in [0.25, 0.3) is 5.91 Å². The third kappa shape index (κ3) is 4.45. The zero-order valence-electron chi connectivity index (χ0n) is 14.1. The van der Waals surface area contributed by atoms with Crippen molar-refractivity contribution in [3.63, 3.8) is 0 Å². The van der Waals surface area contributed by atoms with Gasteiger partial charge >= 0.3 is 5.97 Å². The fourth-order valence-corrected chi connectivity index (χ4v) is 3.50. The quantitative estimate of drug-likeness (QED) is 0.753. The Kier molecular flexibility index (Phi) is 5.62. The maximum absolute atomic E-state index is 12.1. The maximum Gasteiger partial charge on any atom is 0.308 e. The molecule has 0 saturated heterocycles. The highest BCUT2D eigenvalue weighted by Crippen LogP contribution is 2.36. The highest BCUT2D eigenvalue weighted by atomic mass is 32.2. The van der Waals surface area contributed by atoms with Crippen LogP contribution in [0.5, 0.6) is 0 Å². The van der Waals surface area contributed by atoms with Crippen molar-refractivity contribution in [3.8, 4) is 0 Å². The van der Waals surface area contributed by atoms with Crippen LogP contribution in [0, 0.1) is 0 Å². The third-order valence-corrected chi connectivity index (χ3v) is 5.03. The Labute approximate surface area is 154 Å². The van der Waals surface area contributed by atoms with Crippen molar-refractivity contribution in [2.24, 2.45) is 0 Å². The first kappa shape index (κ1) is 18.1. The number of carbonyl (C=O) groups is 3. The molecule has 0 fully saturated rings. The van der Waals surface area contributed by atoms with E-state index < -0.39 is 23.2 Å². The van der Waals surface area contributed by atoms with Crippen molar-refractivity contribution in [3.05, 3.63) is 48.4 Å². The molecule has 0 saturated carbocycles. The van der Waals surface area contributed by atoms with E-state index in [2.05, 4.69) is 10.6 Å². The minimum atomic E-state index is -0.957. The molecule has 0 aliphatic carbocycles. The minimum absolute atomic E-state index is 0.110. The van der Waals surface area contributed by atoms with Crippen LogP contribution < -0.4 is 10.6 Å². The summed E-state index contributed by atoms with van der Waals surface area (Å²) in [6.45, 7) is 1.70. The molecule has 136 valence electrons. The lowest BCUT2D eigenvalue weighted by molar-refractivity contribution is -0.155. The highest BCUT2D eigenvalue weighted by molar-refractivity contribution is 8.01. The highest BCUT2D eigenvalue weighted by Gasteiger charge is 2.30. The summed E-state index contributed by atoms with van der Waals surface area (Å²) < 4.78 is 10.3. The van der Waals surface area contributed by atoms with Gasteiger partial charge in [0.2, 0.25) is 5.91 Å². The van der Waals surface area contributed by atoms with E-state index in [1.807, 2.05) is 18.2 Å². The molecule has 1 aliphatic heterocycles. The number of para-hydroxylation sites is 1. The molecule has 2 amide bonds. The van der Waals surface area contributed by atoms with E-state index >= 15 is 0 Å². The van der Waals surface area contributed by atoms with Crippen LogP contribution in [0.2, 0.25) is 0 Å². The minimum Gasteiger partial charge on any atom is -0.467 e. The van der Waals surface area contributed by atoms with Gasteiger partial charge in [0, 0.05) is 4.90 Å². The molecule has 0 unspecified atom stereocenters. The predicted octanol–water partition coefficient (Wildman–Crippen LogP) is 2.33. The zero-order valence-corrected chi connectivity index (χ0v) is 14.9. The molecule has 2 atom stereocenters. The van der Waals surface area contributed by atoms with Crippen molar-refractivity contribution >= 4 is 35.2 Å². The van der Waals surface area contributed by atoms with Gasteiger partial charge in [0.15, 0.2) is 6.10 Å². The average Bonchev–Trinajstić information content (AvgIpc) is 3.13. The third-order valence-electron chi connectivity index (χ3n) is 3.75. The Balaban J connectivity index is 1.49. The SMILES string of the molecule is C[C@H](OC(=O)C[C@H]1Sc2ccccc2NC1=O)C(=O)NCc1ccco1. The Hall–Kier alpha value is -2.74. The van der Waals surface area contributed by atoms with Gasteiger partial charge in [0.05, 0.1) is 30.2 Å². The zero-order chi connectivity index (χ0) is 18.5. The maximum atomic E-state index is 12.1. The Morgan fingerprint density at radius 2 is 2.12 bits per heavy atom. The summed E-state index contributed by atoms with van der Waals surface area (Å²) in [5.41, 5.74) is 0.734. The smallest absolute Gasteiger partial charge is 0.308 e. The van der Waals surface area contributed by atoms with Gasteiger partial charge in [-0.15, -0.1) is 11.8 Å². The number of rotatable bonds is 6. The predicted molar refractivity (Wildman–Crippen MR) is 95.4 cm³/mol. The molecule has 0 radical (unpaired) electrons. The topological polar surface area (TPSA) is 97.6 Å². The molecule has 7 nitrogen and oxygen atoms in total. The number of hydrogen-bond acceptors (Lipinski definition) is 6. The van der Waals surface area contributed by atoms with Crippen molar-refractivity contribution in [1.82, 2.24) is 5.32 Å². The average molecular weight is 374 g/mol. The molecule has 0 bridgehead atoms. The molecule has 3 rings (SSSR count). The van der Waals surface area contributed by atoms with Gasteiger partial charge in [-0.05, 0) is 31.2 Å². The van der Waals surface area contributed by atoms with E-state index in [0.717, 1.165) is 10.6 Å². The van der Waals surface area contributed by atoms with E-state index in [9.17, 15) is 14.4 Å². The normalized spacial score (nSPS) is 17.0. The number of esters is 1. The van der Waals surface area contributed by atoms with E-state index in [0.29, 0.717) is 5.76 Å². The number of amides is 2. The number of nitrogens with one attached hydrogen (secondary N) is 2. The molecule has 1 aromatic carbocycles. The lowest BCUT2D eigenvalue weighted by Crippen LogP contribution is -2.37. The molecule has 2 heterocycles. The monoisotopic (exact) mass is 374 g/mol. The first-order valence-electron chi connectivity index (χ1n) is 8.09. The van der Waals surface area contributed by atoms with Gasteiger partial charge in [-0.2, -0.15) is 0 Å². The second-order valence-corrected chi connectivity index (χ2v) is 6.97. The number of fused-ring (bicyclic) bond motifs is 1. The number of ether oxygens (including phenoxy) is 1. The summed E-state index contributed by atoms with van der Waals surface area (Å²) in [5, 5.41) is 4.80. The van der Waals surface area contributed by atoms with E-state index in [4.69, 9.17) is 9.15 Å². The molecular formula is C18H18N2O5S. The summed E-state index contributed by atoms with van der Waals surface area (Å²) in [6, 6.07) is 10.8. The van der Waals surface area contributed by atoms with E-state index in [1.54, 1.807) is 18.2 Å². The van der Waals surface area contributed by atoms with Crippen LogP contribution in [0.4, 0.5) is 5.69 Å². The number of furan rings is 1. The number of thioether (sulfide) groups is 1. The molecule has 1 aromatic heterocycles. The fraction of sp³-hybridized carbons (Fsp3) is 0.278. The molecular weight excluding hydrogens is 356 g/mol. The Bertz CT molecular complexity index is 806. The fourth-order valence-electron chi connectivity index (χ4n) is 2.41. The Morgan fingerprint density at radius 3 is 2.88 bits per heavy atom. The molecule has 0 spiro atoms. The first-order chi connectivity index (χ1) is 12.5. The summed E-state index contributed by atoms with van der Waals surface area (Å²) in [5.74, 6) is -0.676. The second kappa shape index (κ2) is 8.09. The summed E-state index contributed by atoms with van der Waals surface area (Å²) in [6.07, 6.45) is 0.442. The lowest BCUT2D eigenvalue weighted by atomic mass is 10.2. The molecule has 1 aliphatic rings. The standard InChI is InChI=1S/C18H18N2O5S/c1-11(17(22)19-10-12-5-4-8-24-12)25-16(21)9-15-18(23)20-13-6-2-3-7-14(13)26-15/h2-8,11,15H,9-10H2,1H3,(H,19,22)(H,20,23)/t11-,15+/m0/s1. The number of benzene rings is 1. The first-order valence-corrected chi connectivity index (χ1v) is 8.97. The number of hydrogen-bond donors (Lipinski definition) is 2. The van der Waals surface area contributed by atoms with E-state index in [-0.39, 0.29) is 18.9 Å². The molecule has 26 heavy (non-hydrogen) atoms. The van der Waals surface area contributed by atoms with Crippen molar-refractivity contribution in [2.75, 3.05) is 5.32 Å². The van der Waals surface area contributed by atoms with Crippen molar-refractivity contribution in [2.45, 2.75) is 36.1 Å². The molecule has 2 aromatic rings.